The number of likely N-dealkylation sites (tertiary alicyclic amines) is 1. The fourth-order valence-corrected chi connectivity index (χ4v) is 2.08. The Morgan fingerprint density at radius 2 is 1.89 bits per heavy atom. The lowest BCUT2D eigenvalue weighted by molar-refractivity contribution is -0.132. The SMILES string of the molecule is CC(=O)c1ccccc1OCC(=O)N1CCCC1. The van der Waals surface area contributed by atoms with Gasteiger partial charge in [0.2, 0.25) is 0 Å². The van der Waals surface area contributed by atoms with Gasteiger partial charge in [-0.25, -0.2) is 0 Å². The summed E-state index contributed by atoms with van der Waals surface area (Å²) >= 11 is 0. The molecular formula is C14H17NO3. The van der Waals surface area contributed by atoms with Crippen molar-refractivity contribution in [1.29, 1.82) is 0 Å². The highest BCUT2D eigenvalue weighted by molar-refractivity contribution is 5.96. The monoisotopic (exact) mass is 247 g/mol. The van der Waals surface area contributed by atoms with Crippen molar-refractivity contribution in [2.75, 3.05) is 19.7 Å². The van der Waals surface area contributed by atoms with Gasteiger partial charge in [0.15, 0.2) is 12.4 Å². The van der Waals surface area contributed by atoms with Crippen molar-refractivity contribution in [2.24, 2.45) is 0 Å². The Bertz CT molecular complexity index is 450. The molecule has 4 heteroatoms. The van der Waals surface area contributed by atoms with Crippen LogP contribution in [0.3, 0.4) is 0 Å². The predicted octanol–water partition coefficient (Wildman–Crippen LogP) is 1.89. The molecule has 0 aromatic heterocycles. The molecule has 1 fully saturated rings. The zero-order valence-electron chi connectivity index (χ0n) is 10.5. The molecule has 2 rings (SSSR count). The van der Waals surface area contributed by atoms with Crippen LogP contribution in [0.1, 0.15) is 30.1 Å². The Kier molecular flexibility index (Phi) is 3.97. The number of ether oxygens (including phenoxy) is 1. The summed E-state index contributed by atoms with van der Waals surface area (Å²) in [4.78, 5) is 25.0. The summed E-state index contributed by atoms with van der Waals surface area (Å²) in [5, 5.41) is 0. The van der Waals surface area contributed by atoms with E-state index in [1.54, 1.807) is 29.2 Å². The number of carbonyl (C=O) groups is 2. The normalized spacial score (nSPS) is 14.6. The van der Waals surface area contributed by atoms with E-state index in [2.05, 4.69) is 0 Å². The van der Waals surface area contributed by atoms with Crippen molar-refractivity contribution in [3.63, 3.8) is 0 Å². The number of hydrogen-bond acceptors (Lipinski definition) is 3. The van der Waals surface area contributed by atoms with Crippen LogP contribution in [0, 0.1) is 0 Å². The van der Waals surface area contributed by atoms with Gasteiger partial charge in [0, 0.05) is 13.1 Å². The minimum Gasteiger partial charge on any atom is -0.483 e. The fraction of sp³-hybridized carbons (Fsp3) is 0.429. The fourth-order valence-electron chi connectivity index (χ4n) is 2.08. The van der Waals surface area contributed by atoms with E-state index >= 15 is 0 Å². The van der Waals surface area contributed by atoms with Crippen LogP contribution in [0.25, 0.3) is 0 Å². The van der Waals surface area contributed by atoms with Crippen molar-refractivity contribution in [3.05, 3.63) is 29.8 Å². The molecule has 1 heterocycles. The summed E-state index contributed by atoms with van der Waals surface area (Å²) in [5.41, 5.74) is 0.520. The van der Waals surface area contributed by atoms with Crippen LogP contribution < -0.4 is 4.74 Å². The number of ketones is 1. The smallest absolute Gasteiger partial charge is 0.260 e. The summed E-state index contributed by atoms with van der Waals surface area (Å²) in [6.45, 7) is 3.13. The molecule has 0 saturated carbocycles. The molecule has 1 saturated heterocycles. The number of benzene rings is 1. The minimum absolute atomic E-state index is 0.00426. The minimum atomic E-state index is -0.0563. The predicted molar refractivity (Wildman–Crippen MR) is 67.8 cm³/mol. The number of rotatable bonds is 4. The van der Waals surface area contributed by atoms with E-state index in [0.29, 0.717) is 11.3 Å². The van der Waals surface area contributed by atoms with Crippen LogP contribution >= 0.6 is 0 Å². The molecule has 0 N–H and O–H groups in total. The zero-order chi connectivity index (χ0) is 13.0. The quantitative estimate of drug-likeness (QED) is 0.763. The highest BCUT2D eigenvalue weighted by Crippen LogP contribution is 2.18. The van der Waals surface area contributed by atoms with Gasteiger partial charge in [0.25, 0.3) is 5.91 Å². The van der Waals surface area contributed by atoms with Gasteiger partial charge < -0.3 is 9.64 Å². The van der Waals surface area contributed by atoms with Gasteiger partial charge in [-0.1, -0.05) is 12.1 Å². The van der Waals surface area contributed by atoms with Crippen molar-refractivity contribution in [1.82, 2.24) is 4.90 Å². The first-order valence-corrected chi connectivity index (χ1v) is 6.19. The average molecular weight is 247 g/mol. The molecule has 1 aliphatic rings. The molecule has 4 nitrogen and oxygen atoms in total. The lowest BCUT2D eigenvalue weighted by atomic mass is 10.1. The topological polar surface area (TPSA) is 46.6 Å². The third-order valence-corrected chi connectivity index (χ3v) is 3.08. The van der Waals surface area contributed by atoms with Gasteiger partial charge in [0.1, 0.15) is 5.75 Å². The van der Waals surface area contributed by atoms with E-state index in [1.807, 2.05) is 0 Å². The van der Waals surface area contributed by atoms with Crippen LogP contribution in [0.15, 0.2) is 24.3 Å². The second kappa shape index (κ2) is 5.67. The molecule has 0 aliphatic carbocycles. The number of carbonyl (C=O) groups excluding carboxylic acids is 2. The van der Waals surface area contributed by atoms with E-state index in [4.69, 9.17) is 4.74 Å². The lowest BCUT2D eigenvalue weighted by Crippen LogP contribution is -2.32. The molecule has 0 unspecified atom stereocenters. The van der Waals surface area contributed by atoms with Crippen LogP contribution in [0.2, 0.25) is 0 Å². The Labute approximate surface area is 107 Å². The molecule has 1 aliphatic heterocycles. The van der Waals surface area contributed by atoms with Crippen molar-refractivity contribution < 1.29 is 14.3 Å². The van der Waals surface area contributed by atoms with Crippen molar-refractivity contribution in [3.8, 4) is 5.75 Å². The number of Topliss-reactive ketones (excluding diaryl/α,β-unsaturated/α-hetero) is 1. The van der Waals surface area contributed by atoms with Crippen LogP contribution in [0.4, 0.5) is 0 Å². The summed E-state index contributed by atoms with van der Waals surface area (Å²) in [6, 6.07) is 7.00. The van der Waals surface area contributed by atoms with E-state index in [9.17, 15) is 9.59 Å². The Morgan fingerprint density at radius 3 is 2.56 bits per heavy atom. The third-order valence-electron chi connectivity index (χ3n) is 3.08. The lowest BCUT2D eigenvalue weighted by Gasteiger charge is -2.16. The van der Waals surface area contributed by atoms with Crippen LogP contribution in [-0.2, 0) is 4.79 Å². The first kappa shape index (κ1) is 12.6. The highest BCUT2D eigenvalue weighted by atomic mass is 16.5. The second-order valence-electron chi connectivity index (χ2n) is 4.43. The molecule has 0 bridgehead atoms. The summed E-state index contributed by atoms with van der Waals surface area (Å²) < 4.78 is 5.46. The average Bonchev–Trinajstić information content (AvgIpc) is 2.90. The standard InChI is InChI=1S/C14H17NO3/c1-11(16)12-6-2-3-7-13(12)18-10-14(17)15-8-4-5-9-15/h2-3,6-7H,4-5,8-10H2,1H3. The van der Waals surface area contributed by atoms with E-state index in [-0.39, 0.29) is 18.3 Å². The van der Waals surface area contributed by atoms with Crippen LogP contribution in [-0.4, -0.2) is 36.3 Å². The molecular weight excluding hydrogens is 230 g/mol. The molecule has 96 valence electrons. The zero-order valence-corrected chi connectivity index (χ0v) is 10.5. The molecule has 1 amide bonds. The van der Waals surface area contributed by atoms with E-state index in [0.717, 1.165) is 25.9 Å². The van der Waals surface area contributed by atoms with Gasteiger partial charge >= 0.3 is 0 Å². The second-order valence-corrected chi connectivity index (χ2v) is 4.43. The van der Waals surface area contributed by atoms with Gasteiger partial charge in [-0.3, -0.25) is 9.59 Å². The molecule has 0 radical (unpaired) electrons. The maximum atomic E-state index is 11.8. The van der Waals surface area contributed by atoms with E-state index < -0.39 is 0 Å². The molecule has 1 aromatic carbocycles. The molecule has 18 heavy (non-hydrogen) atoms. The number of hydrogen-bond donors (Lipinski definition) is 0. The van der Waals surface area contributed by atoms with Gasteiger partial charge in [0.05, 0.1) is 5.56 Å². The third kappa shape index (κ3) is 2.88. The molecule has 1 aromatic rings. The highest BCUT2D eigenvalue weighted by Gasteiger charge is 2.18. The Morgan fingerprint density at radius 1 is 1.22 bits per heavy atom. The maximum Gasteiger partial charge on any atom is 0.260 e. The van der Waals surface area contributed by atoms with Gasteiger partial charge in [-0.15, -0.1) is 0 Å². The van der Waals surface area contributed by atoms with Crippen LogP contribution in [0.5, 0.6) is 5.75 Å². The Hall–Kier alpha value is -1.84. The maximum absolute atomic E-state index is 11.8. The number of nitrogens with zero attached hydrogens (tertiary/aromatic N) is 1. The van der Waals surface area contributed by atoms with Gasteiger partial charge in [-0.05, 0) is 31.9 Å². The first-order chi connectivity index (χ1) is 8.68. The number of amides is 1. The first-order valence-electron chi connectivity index (χ1n) is 6.19. The van der Waals surface area contributed by atoms with Crippen molar-refractivity contribution >= 4 is 11.7 Å². The van der Waals surface area contributed by atoms with Gasteiger partial charge in [-0.2, -0.15) is 0 Å². The number of para-hydroxylation sites is 1. The summed E-state index contributed by atoms with van der Waals surface area (Å²) in [7, 11) is 0. The molecule has 0 spiro atoms. The summed E-state index contributed by atoms with van der Waals surface area (Å²) in [5.74, 6) is 0.419. The molecule has 0 atom stereocenters. The van der Waals surface area contributed by atoms with E-state index in [1.165, 1.54) is 6.92 Å². The van der Waals surface area contributed by atoms with Crippen molar-refractivity contribution in [2.45, 2.75) is 19.8 Å². The summed E-state index contributed by atoms with van der Waals surface area (Å²) in [6.07, 6.45) is 2.13. The largest absolute Gasteiger partial charge is 0.483 e. The Balaban J connectivity index is 1.97.